The molecule has 0 atom stereocenters. The predicted molar refractivity (Wildman–Crippen MR) is 137 cm³/mol. The van der Waals surface area contributed by atoms with Gasteiger partial charge in [0.15, 0.2) is 0 Å². The van der Waals surface area contributed by atoms with Crippen molar-refractivity contribution in [3.63, 3.8) is 0 Å². The zero-order valence-electron chi connectivity index (χ0n) is 19.8. The second kappa shape index (κ2) is 10.2. The summed E-state index contributed by atoms with van der Waals surface area (Å²) in [4.78, 5) is 24.5. The molecule has 7 nitrogen and oxygen atoms in total. The van der Waals surface area contributed by atoms with Crippen molar-refractivity contribution >= 4 is 34.0 Å². The van der Waals surface area contributed by atoms with Gasteiger partial charge >= 0.3 is 0 Å². The van der Waals surface area contributed by atoms with Crippen LogP contribution in [0, 0.1) is 0 Å². The van der Waals surface area contributed by atoms with Crippen LogP contribution in [-0.2, 0) is 4.79 Å². The fourth-order valence-electron chi connectivity index (χ4n) is 3.90. The number of hydrogen-bond acceptors (Lipinski definition) is 5. The van der Waals surface area contributed by atoms with E-state index in [9.17, 15) is 9.59 Å². The Bertz CT molecular complexity index is 1430. The third-order valence-corrected chi connectivity index (χ3v) is 5.58. The summed E-state index contributed by atoms with van der Waals surface area (Å²) in [6, 6.07) is 18.1. The summed E-state index contributed by atoms with van der Waals surface area (Å²) >= 11 is 0. The van der Waals surface area contributed by atoms with E-state index in [1.54, 1.807) is 37.6 Å². The van der Waals surface area contributed by atoms with Crippen LogP contribution in [0.2, 0.25) is 0 Å². The number of allylic oxidation sites excluding steroid dienone is 1. The van der Waals surface area contributed by atoms with Gasteiger partial charge in [0.1, 0.15) is 17.1 Å². The summed E-state index contributed by atoms with van der Waals surface area (Å²) in [7, 11) is 1.63. The average Bonchev–Trinajstić information content (AvgIpc) is 3.26. The molecule has 0 aliphatic heterocycles. The van der Waals surface area contributed by atoms with Gasteiger partial charge in [-0.3, -0.25) is 9.59 Å². The molecule has 3 aromatic carbocycles. The molecule has 4 aromatic rings. The van der Waals surface area contributed by atoms with Crippen molar-refractivity contribution in [2.24, 2.45) is 5.73 Å². The van der Waals surface area contributed by atoms with E-state index >= 15 is 0 Å². The molecule has 0 bridgehead atoms. The van der Waals surface area contributed by atoms with Crippen molar-refractivity contribution in [1.82, 2.24) is 0 Å². The average molecular weight is 471 g/mol. The van der Waals surface area contributed by atoms with E-state index in [-0.39, 0.29) is 11.5 Å². The van der Waals surface area contributed by atoms with E-state index in [2.05, 4.69) is 5.32 Å². The molecule has 0 aliphatic rings. The van der Waals surface area contributed by atoms with Gasteiger partial charge in [-0.25, -0.2) is 0 Å². The van der Waals surface area contributed by atoms with E-state index in [1.807, 2.05) is 50.2 Å². The molecule has 0 aliphatic carbocycles. The van der Waals surface area contributed by atoms with Gasteiger partial charge in [-0.1, -0.05) is 24.3 Å². The first-order chi connectivity index (χ1) is 16.9. The molecule has 3 N–H and O–H groups in total. The zero-order chi connectivity index (χ0) is 24.9. The monoisotopic (exact) mass is 470 g/mol. The SMILES string of the molecule is CCOc1cc2occ(-c3cccc(OC)c3)c2cc1/C(C)=C/C(=O)Nc1ccccc1C(N)=O. The lowest BCUT2D eigenvalue weighted by Crippen LogP contribution is -2.17. The third-order valence-electron chi connectivity index (χ3n) is 5.58. The first kappa shape index (κ1) is 23.6. The highest BCUT2D eigenvalue weighted by Gasteiger charge is 2.16. The van der Waals surface area contributed by atoms with Crippen LogP contribution in [-0.4, -0.2) is 25.5 Å². The molecule has 0 unspecified atom stereocenters. The molecule has 0 spiro atoms. The highest BCUT2D eigenvalue weighted by molar-refractivity contribution is 6.09. The number of primary amides is 1. The van der Waals surface area contributed by atoms with Gasteiger partial charge in [-0.2, -0.15) is 0 Å². The van der Waals surface area contributed by atoms with Gasteiger partial charge in [0, 0.05) is 28.7 Å². The van der Waals surface area contributed by atoms with Crippen LogP contribution in [0.5, 0.6) is 11.5 Å². The molecule has 1 aromatic heterocycles. The number of rotatable bonds is 8. The molecule has 7 heteroatoms. The van der Waals surface area contributed by atoms with Crippen LogP contribution in [0.15, 0.2) is 77.4 Å². The Balaban J connectivity index is 1.73. The van der Waals surface area contributed by atoms with Crippen LogP contribution >= 0.6 is 0 Å². The Morgan fingerprint density at radius 1 is 1.06 bits per heavy atom. The normalized spacial score (nSPS) is 11.3. The van der Waals surface area contributed by atoms with Gasteiger partial charge in [0.2, 0.25) is 5.91 Å². The molecule has 0 saturated carbocycles. The summed E-state index contributed by atoms with van der Waals surface area (Å²) in [6.45, 7) is 4.17. The minimum atomic E-state index is -0.615. The largest absolute Gasteiger partial charge is 0.497 e. The fourth-order valence-corrected chi connectivity index (χ4v) is 3.90. The molecule has 0 saturated heterocycles. The molecule has 2 amide bonds. The molecule has 0 radical (unpaired) electrons. The summed E-state index contributed by atoms with van der Waals surface area (Å²) in [5, 5.41) is 3.62. The summed E-state index contributed by atoms with van der Waals surface area (Å²) in [5.41, 5.74) is 9.96. The quantitative estimate of drug-likeness (QED) is 0.324. The number of nitrogens with one attached hydrogen (secondary N) is 1. The van der Waals surface area contributed by atoms with Crippen LogP contribution < -0.4 is 20.5 Å². The number of hydrogen-bond donors (Lipinski definition) is 2. The highest BCUT2D eigenvalue weighted by Crippen LogP contribution is 2.38. The number of furan rings is 1. The number of amides is 2. The number of carbonyl (C=O) groups excluding carboxylic acids is 2. The lowest BCUT2D eigenvalue weighted by molar-refractivity contribution is -0.111. The lowest BCUT2D eigenvalue weighted by Gasteiger charge is -2.12. The number of para-hydroxylation sites is 1. The number of anilines is 1. The van der Waals surface area contributed by atoms with E-state index in [4.69, 9.17) is 19.6 Å². The second-order valence-electron chi connectivity index (χ2n) is 7.89. The minimum absolute atomic E-state index is 0.240. The minimum Gasteiger partial charge on any atom is -0.497 e. The van der Waals surface area contributed by atoms with E-state index in [0.717, 1.165) is 27.8 Å². The topological polar surface area (TPSA) is 104 Å². The van der Waals surface area contributed by atoms with Crippen LogP contribution in [0.3, 0.4) is 0 Å². The molecule has 0 fully saturated rings. The van der Waals surface area contributed by atoms with Gasteiger partial charge in [0.05, 0.1) is 31.2 Å². The number of benzene rings is 3. The maximum Gasteiger partial charge on any atom is 0.250 e. The van der Waals surface area contributed by atoms with Crippen LogP contribution in [0.25, 0.3) is 27.7 Å². The first-order valence-electron chi connectivity index (χ1n) is 11.1. The van der Waals surface area contributed by atoms with Crippen LogP contribution in [0.4, 0.5) is 5.69 Å². The lowest BCUT2D eigenvalue weighted by atomic mass is 9.99. The smallest absolute Gasteiger partial charge is 0.250 e. The summed E-state index contributed by atoms with van der Waals surface area (Å²) < 4.78 is 17.0. The van der Waals surface area contributed by atoms with Crippen molar-refractivity contribution in [1.29, 1.82) is 0 Å². The number of carbonyl (C=O) groups is 2. The summed E-state index contributed by atoms with van der Waals surface area (Å²) in [6.07, 6.45) is 3.16. The van der Waals surface area contributed by atoms with E-state index < -0.39 is 5.91 Å². The van der Waals surface area contributed by atoms with Crippen molar-refractivity contribution in [3.8, 4) is 22.6 Å². The maximum absolute atomic E-state index is 12.8. The molecule has 4 rings (SSSR count). The first-order valence-corrected chi connectivity index (χ1v) is 11.1. The summed E-state index contributed by atoms with van der Waals surface area (Å²) in [5.74, 6) is 0.340. The molecule has 178 valence electrons. The standard InChI is InChI=1S/C28H26N2O5/c1-4-34-25-15-26-22(23(16-35-26)18-8-7-9-19(13-18)33-3)14-21(25)17(2)12-27(31)30-24-11-6-5-10-20(24)28(29)32/h5-16H,4H2,1-3H3,(H2,29,32)(H,30,31)/b17-12+. The van der Waals surface area contributed by atoms with Gasteiger partial charge in [0.25, 0.3) is 5.91 Å². The van der Waals surface area contributed by atoms with E-state index in [1.165, 1.54) is 6.08 Å². The second-order valence-corrected chi connectivity index (χ2v) is 7.89. The van der Waals surface area contributed by atoms with Gasteiger partial charge in [-0.05, 0) is 55.3 Å². The Morgan fingerprint density at radius 2 is 1.86 bits per heavy atom. The van der Waals surface area contributed by atoms with Crippen LogP contribution in [0.1, 0.15) is 29.8 Å². The molecule has 1 heterocycles. The Labute approximate surface area is 203 Å². The molecular weight excluding hydrogens is 444 g/mol. The zero-order valence-corrected chi connectivity index (χ0v) is 19.8. The fraction of sp³-hybridized carbons (Fsp3) is 0.143. The predicted octanol–water partition coefficient (Wildman–Crippen LogP) is 5.65. The Morgan fingerprint density at radius 3 is 2.60 bits per heavy atom. The van der Waals surface area contributed by atoms with Crippen molar-refractivity contribution in [3.05, 3.63) is 84.1 Å². The number of ether oxygens (including phenoxy) is 2. The number of nitrogens with two attached hydrogens (primary N) is 1. The van der Waals surface area contributed by atoms with E-state index in [0.29, 0.717) is 29.2 Å². The van der Waals surface area contributed by atoms with Crippen molar-refractivity contribution in [2.45, 2.75) is 13.8 Å². The highest BCUT2D eigenvalue weighted by atomic mass is 16.5. The number of methoxy groups -OCH3 is 1. The molecule has 35 heavy (non-hydrogen) atoms. The maximum atomic E-state index is 12.8. The van der Waals surface area contributed by atoms with Crippen molar-refractivity contribution < 1.29 is 23.5 Å². The Kier molecular flexibility index (Phi) is 6.87. The Hall–Kier alpha value is -4.52. The van der Waals surface area contributed by atoms with Gasteiger partial charge in [-0.15, -0.1) is 0 Å². The van der Waals surface area contributed by atoms with Crippen molar-refractivity contribution in [2.75, 3.05) is 19.0 Å². The van der Waals surface area contributed by atoms with Gasteiger partial charge < -0.3 is 24.9 Å². The third kappa shape index (κ3) is 5.04. The molecular formula is C28H26N2O5. The number of fused-ring (bicyclic) bond motifs is 1.